The molecule has 33 heavy (non-hydrogen) atoms. The number of aromatic nitrogens is 6. The fourth-order valence-electron chi connectivity index (χ4n) is 4.47. The number of piperidine rings is 1. The standard InChI is InChI=1S/C21H23F2N9O/c1-24-19-18-14(15-4-9-31-17(26-15)2-6-25-31)3-8-32(18)29-20(28-19)27-16-5-7-30(12-21(16,22)23)13-10-33-11-13/h2-4,6,8-9,13,16H,5,7,10-12H2,1H3,(H2,24,27,28,29). The van der Waals surface area contributed by atoms with E-state index < -0.39 is 12.0 Å². The molecule has 1 unspecified atom stereocenters. The van der Waals surface area contributed by atoms with E-state index in [1.54, 1.807) is 28.5 Å². The summed E-state index contributed by atoms with van der Waals surface area (Å²) in [5, 5.41) is 14.6. The van der Waals surface area contributed by atoms with Gasteiger partial charge >= 0.3 is 0 Å². The Balaban J connectivity index is 1.30. The first-order chi connectivity index (χ1) is 16.0. The maximum atomic E-state index is 14.9. The minimum Gasteiger partial charge on any atom is -0.378 e. The van der Waals surface area contributed by atoms with Crippen LogP contribution in [0.4, 0.5) is 20.5 Å². The molecule has 2 saturated heterocycles. The van der Waals surface area contributed by atoms with Gasteiger partial charge in [-0.15, -0.1) is 5.10 Å². The molecule has 0 amide bonds. The largest absolute Gasteiger partial charge is 0.378 e. The summed E-state index contributed by atoms with van der Waals surface area (Å²) in [6, 6.07) is 4.62. The molecule has 0 spiro atoms. The Labute approximate surface area is 187 Å². The molecule has 4 aromatic heterocycles. The monoisotopic (exact) mass is 455 g/mol. The molecular weight excluding hydrogens is 432 g/mol. The van der Waals surface area contributed by atoms with Crippen LogP contribution in [-0.2, 0) is 4.74 Å². The normalized spacial score (nSPS) is 21.4. The summed E-state index contributed by atoms with van der Waals surface area (Å²) in [7, 11) is 1.74. The molecule has 0 aromatic carbocycles. The third-order valence-electron chi connectivity index (χ3n) is 6.35. The molecule has 0 bridgehead atoms. The highest BCUT2D eigenvalue weighted by Gasteiger charge is 2.47. The molecule has 172 valence electrons. The van der Waals surface area contributed by atoms with Crippen molar-refractivity contribution < 1.29 is 13.5 Å². The highest BCUT2D eigenvalue weighted by atomic mass is 19.3. The Kier molecular flexibility index (Phi) is 4.66. The second-order valence-electron chi connectivity index (χ2n) is 8.41. The van der Waals surface area contributed by atoms with Gasteiger partial charge in [0, 0.05) is 37.6 Å². The minimum absolute atomic E-state index is 0.0917. The Hall–Kier alpha value is -3.38. The summed E-state index contributed by atoms with van der Waals surface area (Å²) < 4.78 is 38.3. The molecule has 12 heteroatoms. The third kappa shape index (κ3) is 3.45. The molecule has 0 radical (unpaired) electrons. The first-order valence-electron chi connectivity index (χ1n) is 10.9. The summed E-state index contributed by atoms with van der Waals surface area (Å²) >= 11 is 0. The van der Waals surface area contributed by atoms with Crippen molar-refractivity contribution in [3.8, 4) is 11.3 Å². The van der Waals surface area contributed by atoms with Crippen LogP contribution in [0.3, 0.4) is 0 Å². The SMILES string of the molecule is CNc1nc(NC2CCN(C3COC3)CC2(F)F)nn2ccc(-c3ccn4nccc4n3)c12. The second-order valence-corrected chi connectivity index (χ2v) is 8.41. The van der Waals surface area contributed by atoms with Crippen LogP contribution in [0.1, 0.15) is 6.42 Å². The molecule has 2 fully saturated rings. The van der Waals surface area contributed by atoms with Gasteiger partial charge in [-0.05, 0) is 18.6 Å². The highest BCUT2D eigenvalue weighted by molar-refractivity contribution is 5.87. The number of fused-ring (bicyclic) bond motifs is 2. The lowest BCUT2D eigenvalue weighted by molar-refractivity contribution is -0.131. The Morgan fingerprint density at radius 2 is 1.97 bits per heavy atom. The van der Waals surface area contributed by atoms with Gasteiger partial charge in [0.25, 0.3) is 5.92 Å². The average molecular weight is 455 g/mol. The van der Waals surface area contributed by atoms with Crippen LogP contribution >= 0.6 is 0 Å². The molecule has 0 aliphatic carbocycles. The number of hydrogen-bond donors (Lipinski definition) is 2. The zero-order chi connectivity index (χ0) is 22.6. The van der Waals surface area contributed by atoms with Crippen molar-refractivity contribution in [3.63, 3.8) is 0 Å². The van der Waals surface area contributed by atoms with Crippen molar-refractivity contribution in [1.29, 1.82) is 0 Å². The van der Waals surface area contributed by atoms with Crippen molar-refractivity contribution >= 4 is 22.9 Å². The first-order valence-corrected chi connectivity index (χ1v) is 10.9. The molecule has 6 heterocycles. The van der Waals surface area contributed by atoms with Crippen LogP contribution in [0, 0.1) is 0 Å². The van der Waals surface area contributed by atoms with Gasteiger partial charge in [0.2, 0.25) is 5.95 Å². The Morgan fingerprint density at radius 3 is 2.73 bits per heavy atom. The molecule has 1 atom stereocenters. The summed E-state index contributed by atoms with van der Waals surface area (Å²) in [6.45, 7) is 1.34. The first kappa shape index (κ1) is 20.2. The van der Waals surface area contributed by atoms with Gasteiger partial charge in [-0.2, -0.15) is 10.1 Å². The predicted octanol–water partition coefficient (Wildman–Crippen LogP) is 2.00. The number of alkyl halides is 2. The van der Waals surface area contributed by atoms with Crippen LogP contribution in [0.15, 0.2) is 36.8 Å². The topological polar surface area (TPSA) is 96.9 Å². The van der Waals surface area contributed by atoms with Crippen molar-refractivity contribution in [2.75, 3.05) is 44.0 Å². The zero-order valence-corrected chi connectivity index (χ0v) is 17.9. The smallest absolute Gasteiger partial charge is 0.280 e. The summed E-state index contributed by atoms with van der Waals surface area (Å²) in [5.74, 6) is -2.23. The number of nitrogens with zero attached hydrogens (tertiary/aromatic N) is 7. The molecule has 10 nitrogen and oxygen atoms in total. The number of likely N-dealkylation sites (tertiary alicyclic amines) is 1. The van der Waals surface area contributed by atoms with E-state index in [4.69, 9.17) is 4.74 Å². The van der Waals surface area contributed by atoms with Gasteiger partial charge in [-0.1, -0.05) is 0 Å². The maximum Gasteiger partial charge on any atom is 0.280 e. The number of ether oxygens (including phenoxy) is 1. The van der Waals surface area contributed by atoms with E-state index in [-0.39, 0.29) is 18.5 Å². The van der Waals surface area contributed by atoms with Crippen LogP contribution in [0.5, 0.6) is 0 Å². The van der Waals surface area contributed by atoms with Gasteiger partial charge in [-0.3, -0.25) is 4.90 Å². The number of halogens is 2. The van der Waals surface area contributed by atoms with Crippen molar-refractivity contribution in [1.82, 2.24) is 34.1 Å². The van der Waals surface area contributed by atoms with E-state index in [2.05, 4.69) is 30.8 Å². The van der Waals surface area contributed by atoms with Crippen LogP contribution < -0.4 is 10.6 Å². The molecular formula is C21H23F2N9O. The third-order valence-corrected chi connectivity index (χ3v) is 6.35. The van der Waals surface area contributed by atoms with E-state index in [1.807, 2.05) is 29.3 Å². The fraction of sp³-hybridized carbons (Fsp3) is 0.429. The molecule has 2 N–H and O–H groups in total. The van der Waals surface area contributed by atoms with Crippen molar-refractivity contribution in [2.45, 2.75) is 24.4 Å². The number of anilines is 2. The number of rotatable bonds is 5. The summed E-state index contributed by atoms with van der Waals surface area (Å²) in [4.78, 5) is 11.0. The lowest BCUT2D eigenvalue weighted by atomic mass is 9.98. The lowest BCUT2D eigenvalue weighted by Gasteiger charge is -2.44. The van der Waals surface area contributed by atoms with E-state index >= 15 is 0 Å². The predicted molar refractivity (Wildman–Crippen MR) is 118 cm³/mol. The zero-order valence-electron chi connectivity index (χ0n) is 17.9. The Bertz CT molecular complexity index is 1320. The second kappa shape index (κ2) is 7.59. The van der Waals surface area contributed by atoms with E-state index in [0.717, 1.165) is 16.9 Å². The molecule has 2 aliphatic heterocycles. The quantitative estimate of drug-likeness (QED) is 0.472. The summed E-state index contributed by atoms with van der Waals surface area (Å²) in [5.41, 5.74) is 3.01. The van der Waals surface area contributed by atoms with Crippen LogP contribution in [0.25, 0.3) is 22.4 Å². The molecule has 4 aromatic rings. The number of hydrogen-bond acceptors (Lipinski definition) is 8. The van der Waals surface area contributed by atoms with E-state index in [9.17, 15) is 8.78 Å². The lowest BCUT2D eigenvalue weighted by Crippen LogP contribution is -2.61. The fourth-order valence-corrected chi connectivity index (χ4v) is 4.47. The minimum atomic E-state index is -2.90. The van der Waals surface area contributed by atoms with E-state index in [1.165, 1.54) is 0 Å². The summed E-state index contributed by atoms with van der Waals surface area (Å²) in [6.07, 6.45) is 5.59. The van der Waals surface area contributed by atoms with Crippen LogP contribution in [0.2, 0.25) is 0 Å². The molecule has 0 saturated carbocycles. The Morgan fingerprint density at radius 1 is 1.12 bits per heavy atom. The van der Waals surface area contributed by atoms with Crippen molar-refractivity contribution in [2.24, 2.45) is 0 Å². The average Bonchev–Trinajstić information content (AvgIpc) is 3.39. The van der Waals surface area contributed by atoms with Gasteiger partial charge < -0.3 is 15.4 Å². The highest BCUT2D eigenvalue weighted by Crippen LogP contribution is 2.33. The van der Waals surface area contributed by atoms with Gasteiger partial charge in [0.05, 0.1) is 43.7 Å². The van der Waals surface area contributed by atoms with Gasteiger partial charge in [-0.25, -0.2) is 22.8 Å². The van der Waals surface area contributed by atoms with E-state index in [0.29, 0.717) is 37.5 Å². The number of nitrogens with one attached hydrogen (secondary N) is 2. The van der Waals surface area contributed by atoms with Gasteiger partial charge in [0.1, 0.15) is 5.52 Å². The van der Waals surface area contributed by atoms with Crippen molar-refractivity contribution in [3.05, 3.63) is 36.8 Å². The molecule has 6 rings (SSSR count). The van der Waals surface area contributed by atoms with Crippen LogP contribution in [-0.4, -0.2) is 85.5 Å². The van der Waals surface area contributed by atoms with Gasteiger partial charge in [0.15, 0.2) is 11.5 Å². The maximum absolute atomic E-state index is 14.9. The molecule has 2 aliphatic rings.